The fourth-order valence-electron chi connectivity index (χ4n) is 2.64. The zero-order valence-electron chi connectivity index (χ0n) is 16.1. The molecule has 5 nitrogen and oxygen atoms in total. The average Bonchev–Trinajstić information content (AvgIpc) is 2.67. The molecule has 6 heteroatoms. The van der Waals surface area contributed by atoms with Crippen molar-refractivity contribution in [3.63, 3.8) is 0 Å². The molecule has 0 aliphatic heterocycles. The molecular weight excluding hydrogens is 360 g/mol. The number of guanidine groups is 1. The molecule has 0 fully saturated rings. The molecule has 2 aromatic carbocycles. The van der Waals surface area contributed by atoms with Crippen LogP contribution in [0.4, 0.5) is 0 Å². The summed E-state index contributed by atoms with van der Waals surface area (Å²) < 4.78 is 0. The summed E-state index contributed by atoms with van der Waals surface area (Å²) in [5.74, 6) is 0.786. The van der Waals surface area contributed by atoms with E-state index in [2.05, 4.69) is 15.6 Å². The Hall–Kier alpha value is -2.53. The van der Waals surface area contributed by atoms with E-state index in [1.807, 2.05) is 48.5 Å². The largest absolute Gasteiger partial charge is 0.356 e. The van der Waals surface area contributed by atoms with Crippen molar-refractivity contribution in [3.8, 4) is 0 Å². The first-order valence-corrected chi connectivity index (χ1v) is 9.37. The lowest BCUT2D eigenvalue weighted by Crippen LogP contribution is -2.39. The van der Waals surface area contributed by atoms with E-state index >= 15 is 0 Å². The van der Waals surface area contributed by atoms with Gasteiger partial charge in [0, 0.05) is 44.8 Å². The van der Waals surface area contributed by atoms with E-state index in [4.69, 9.17) is 11.6 Å². The monoisotopic (exact) mass is 386 g/mol. The second-order valence-electron chi connectivity index (χ2n) is 6.45. The Morgan fingerprint density at radius 1 is 1.00 bits per heavy atom. The standard InChI is InChI=1S/C21H27ClN4O/c1-23-21(24-13-11-16-7-9-19(22)10-8-16)25-14-12-17-5-4-6-18(15-17)20(27)26(2)3/h4-10,15H,11-14H2,1-3H3,(H2,23,24,25). The van der Waals surface area contributed by atoms with Crippen molar-refractivity contribution in [2.45, 2.75) is 12.8 Å². The molecule has 2 aromatic rings. The average molecular weight is 387 g/mol. The quantitative estimate of drug-likeness (QED) is 0.568. The van der Waals surface area contributed by atoms with Gasteiger partial charge in [0.1, 0.15) is 0 Å². The van der Waals surface area contributed by atoms with Crippen LogP contribution in [-0.4, -0.2) is 51.0 Å². The molecule has 27 heavy (non-hydrogen) atoms. The fourth-order valence-corrected chi connectivity index (χ4v) is 2.77. The molecular formula is C21H27ClN4O. The normalized spacial score (nSPS) is 11.2. The van der Waals surface area contributed by atoms with Gasteiger partial charge in [-0.3, -0.25) is 9.79 Å². The van der Waals surface area contributed by atoms with Crippen LogP contribution >= 0.6 is 11.6 Å². The fraction of sp³-hybridized carbons (Fsp3) is 0.333. The highest BCUT2D eigenvalue weighted by Crippen LogP contribution is 2.09. The second kappa shape index (κ2) is 10.6. The van der Waals surface area contributed by atoms with Gasteiger partial charge >= 0.3 is 0 Å². The molecule has 0 aromatic heterocycles. The molecule has 0 bridgehead atoms. The zero-order valence-corrected chi connectivity index (χ0v) is 16.9. The van der Waals surface area contributed by atoms with E-state index in [-0.39, 0.29) is 5.91 Å². The van der Waals surface area contributed by atoms with E-state index in [1.165, 1.54) is 5.56 Å². The molecule has 0 unspecified atom stereocenters. The molecule has 1 amide bonds. The number of halogens is 1. The van der Waals surface area contributed by atoms with E-state index in [9.17, 15) is 4.79 Å². The van der Waals surface area contributed by atoms with Gasteiger partial charge < -0.3 is 15.5 Å². The maximum Gasteiger partial charge on any atom is 0.253 e. The van der Waals surface area contributed by atoms with Crippen molar-refractivity contribution in [3.05, 3.63) is 70.2 Å². The van der Waals surface area contributed by atoms with Crippen LogP contribution in [0.25, 0.3) is 0 Å². The van der Waals surface area contributed by atoms with Gasteiger partial charge in [0.05, 0.1) is 0 Å². The highest BCUT2D eigenvalue weighted by molar-refractivity contribution is 6.30. The molecule has 0 saturated heterocycles. The number of hydrogen-bond donors (Lipinski definition) is 2. The van der Waals surface area contributed by atoms with Crippen LogP contribution in [0.2, 0.25) is 5.02 Å². The van der Waals surface area contributed by atoms with Gasteiger partial charge in [-0.05, 0) is 48.2 Å². The van der Waals surface area contributed by atoms with Crippen LogP contribution in [0.3, 0.4) is 0 Å². The summed E-state index contributed by atoms with van der Waals surface area (Å²) in [6.07, 6.45) is 1.71. The smallest absolute Gasteiger partial charge is 0.253 e. The molecule has 0 aliphatic carbocycles. The Balaban J connectivity index is 1.77. The summed E-state index contributed by atoms with van der Waals surface area (Å²) in [5, 5.41) is 7.37. The highest BCUT2D eigenvalue weighted by atomic mass is 35.5. The Bertz CT molecular complexity index is 772. The summed E-state index contributed by atoms with van der Waals surface area (Å²) in [4.78, 5) is 17.9. The van der Waals surface area contributed by atoms with Crippen LogP contribution in [0.1, 0.15) is 21.5 Å². The first-order chi connectivity index (χ1) is 13.0. The summed E-state index contributed by atoms with van der Waals surface area (Å²) in [5.41, 5.74) is 3.06. The minimum absolute atomic E-state index is 0.0180. The number of hydrogen-bond acceptors (Lipinski definition) is 2. The Morgan fingerprint density at radius 2 is 1.63 bits per heavy atom. The first-order valence-electron chi connectivity index (χ1n) is 8.99. The maximum absolute atomic E-state index is 12.1. The van der Waals surface area contributed by atoms with Crippen LogP contribution in [-0.2, 0) is 12.8 Å². The third kappa shape index (κ3) is 6.94. The second-order valence-corrected chi connectivity index (χ2v) is 6.89. The predicted octanol–water partition coefficient (Wildman–Crippen LogP) is 2.99. The molecule has 0 heterocycles. The van der Waals surface area contributed by atoms with Gasteiger partial charge in [-0.15, -0.1) is 0 Å². The molecule has 0 aliphatic rings. The van der Waals surface area contributed by atoms with Crippen molar-refractivity contribution >= 4 is 23.5 Å². The lowest BCUT2D eigenvalue weighted by molar-refractivity contribution is 0.0827. The van der Waals surface area contributed by atoms with Crippen LogP contribution in [0, 0.1) is 0 Å². The minimum Gasteiger partial charge on any atom is -0.356 e. The van der Waals surface area contributed by atoms with Gasteiger partial charge in [0.15, 0.2) is 5.96 Å². The lowest BCUT2D eigenvalue weighted by atomic mass is 10.1. The van der Waals surface area contributed by atoms with Crippen LogP contribution < -0.4 is 10.6 Å². The number of carbonyl (C=O) groups is 1. The zero-order chi connectivity index (χ0) is 19.6. The minimum atomic E-state index is 0.0180. The van der Waals surface area contributed by atoms with Crippen molar-refractivity contribution < 1.29 is 4.79 Å². The summed E-state index contributed by atoms with van der Waals surface area (Å²) in [7, 11) is 5.28. The SMILES string of the molecule is CN=C(NCCc1ccc(Cl)cc1)NCCc1cccc(C(=O)N(C)C)c1. The van der Waals surface area contributed by atoms with Gasteiger partial charge in [-0.1, -0.05) is 35.9 Å². The van der Waals surface area contributed by atoms with Crippen molar-refractivity contribution in [2.24, 2.45) is 4.99 Å². The van der Waals surface area contributed by atoms with Gasteiger partial charge in [-0.2, -0.15) is 0 Å². The number of carbonyl (C=O) groups excluding carboxylic acids is 1. The number of amides is 1. The topological polar surface area (TPSA) is 56.7 Å². The number of nitrogens with one attached hydrogen (secondary N) is 2. The number of aliphatic imine (C=N–C) groups is 1. The number of rotatable bonds is 7. The van der Waals surface area contributed by atoms with E-state index in [0.717, 1.165) is 42.5 Å². The van der Waals surface area contributed by atoms with Crippen LogP contribution in [0.5, 0.6) is 0 Å². The Morgan fingerprint density at radius 3 is 2.22 bits per heavy atom. The van der Waals surface area contributed by atoms with Crippen molar-refractivity contribution in [1.82, 2.24) is 15.5 Å². The molecule has 0 radical (unpaired) electrons. The first kappa shape index (κ1) is 20.8. The predicted molar refractivity (Wildman–Crippen MR) is 113 cm³/mol. The van der Waals surface area contributed by atoms with Gasteiger partial charge in [-0.25, -0.2) is 0 Å². The highest BCUT2D eigenvalue weighted by Gasteiger charge is 2.08. The molecule has 144 valence electrons. The van der Waals surface area contributed by atoms with Crippen molar-refractivity contribution in [1.29, 1.82) is 0 Å². The molecule has 0 saturated carbocycles. The van der Waals surface area contributed by atoms with E-state index in [0.29, 0.717) is 5.56 Å². The Kier molecular flexibility index (Phi) is 8.14. The molecule has 0 spiro atoms. The molecule has 2 N–H and O–H groups in total. The van der Waals surface area contributed by atoms with Crippen LogP contribution in [0.15, 0.2) is 53.5 Å². The summed E-state index contributed by atoms with van der Waals surface area (Å²) in [6, 6.07) is 15.6. The van der Waals surface area contributed by atoms with E-state index in [1.54, 1.807) is 26.0 Å². The summed E-state index contributed by atoms with van der Waals surface area (Å²) >= 11 is 5.90. The van der Waals surface area contributed by atoms with Gasteiger partial charge in [0.2, 0.25) is 0 Å². The summed E-state index contributed by atoms with van der Waals surface area (Å²) in [6.45, 7) is 1.52. The lowest BCUT2D eigenvalue weighted by Gasteiger charge is -2.13. The third-order valence-electron chi connectivity index (χ3n) is 4.13. The third-order valence-corrected chi connectivity index (χ3v) is 4.38. The number of benzene rings is 2. The van der Waals surface area contributed by atoms with Crippen molar-refractivity contribution in [2.75, 3.05) is 34.2 Å². The van der Waals surface area contributed by atoms with E-state index < -0.39 is 0 Å². The maximum atomic E-state index is 12.1. The Labute approximate surface area is 166 Å². The molecule has 2 rings (SSSR count). The van der Waals surface area contributed by atoms with Gasteiger partial charge in [0.25, 0.3) is 5.91 Å². The molecule has 0 atom stereocenters. The number of nitrogens with zero attached hydrogens (tertiary/aromatic N) is 2.